The number of allylic oxidation sites excluding steroid dienone is 7. The van der Waals surface area contributed by atoms with Crippen molar-refractivity contribution in [1.82, 2.24) is 4.90 Å². The molecule has 0 aromatic heterocycles. The molecule has 1 heterocycles. The van der Waals surface area contributed by atoms with Crippen LogP contribution in [0.3, 0.4) is 0 Å². The van der Waals surface area contributed by atoms with Crippen LogP contribution in [0.5, 0.6) is 0 Å². The van der Waals surface area contributed by atoms with E-state index in [9.17, 15) is 0 Å². The molecule has 100 valence electrons. The maximum Gasteiger partial charge on any atom is 0.0398 e. The Morgan fingerprint density at radius 2 is 1.78 bits per heavy atom. The van der Waals surface area contributed by atoms with E-state index in [2.05, 4.69) is 76.1 Å². The summed E-state index contributed by atoms with van der Waals surface area (Å²) in [4.78, 5) is 2.38. The van der Waals surface area contributed by atoms with Gasteiger partial charge in [-0.1, -0.05) is 44.2 Å². The topological polar surface area (TPSA) is 3.24 Å². The zero-order valence-electron chi connectivity index (χ0n) is 12.5. The smallest absolute Gasteiger partial charge is 0.0398 e. The van der Waals surface area contributed by atoms with Gasteiger partial charge in [-0.3, -0.25) is 0 Å². The van der Waals surface area contributed by atoms with Gasteiger partial charge in [-0.05, 0) is 43.8 Å². The molecule has 1 rings (SSSR count). The lowest BCUT2D eigenvalue weighted by Crippen LogP contribution is -2.19. The summed E-state index contributed by atoms with van der Waals surface area (Å²) in [7, 11) is 2.19. The quantitative estimate of drug-likeness (QED) is 0.651. The average Bonchev–Trinajstić information content (AvgIpc) is 2.40. The van der Waals surface area contributed by atoms with Crippen LogP contribution in [-0.2, 0) is 0 Å². The second-order valence-corrected chi connectivity index (χ2v) is 5.59. The van der Waals surface area contributed by atoms with E-state index in [1.165, 1.54) is 24.1 Å². The van der Waals surface area contributed by atoms with Gasteiger partial charge in [0, 0.05) is 19.3 Å². The molecule has 0 radical (unpaired) electrons. The van der Waals surface area contributed by atoms with Gasteiger partial charge in [-0.15, -0.1) is 0 Å². The third kappa shape index (κ3) is 3.63. The molecular weight excluding hydrogens is 218 g/mol. The Kier molecular flexibility index (Phi) is 5.46. The molecule has 0 saturated carbocycles. The minimum Gasteiger partial charge on any atom is -0.374 e. The molecule has 0 saturated heterocycles. The summed E-state index contributed by atoms with van der Waals surface area (Å²) in [6.07, 6.45) is 15.5. The van der Waals surface area contributed by atoms with Crippen molar-refractivity contribution in [1.29, 1.82) is 0 Å². The first-order valence-corrected chi connectivity index (χ1v) is 6.91. The summed E-state index contributed by atoms with van der Waals surface area (Å²) in [6, 6.07) is 0. The Morgan fingerprint density at radius 3 is 2.39 bits per heavy atom. The zero-order valence-corrected chi connectivity index (χ0v) is 12.5. The Bertz CT molecular complexity index is 380. The molecule has 0 aromatic rings. The van der Waals surface area contributed by atoms with Crippen LogP contribution in [0.2, 0.25) is 0 Å². The Morgan fingerprint density at radius 1 is 1.06 bits per heavy atom. The van der Waals surface area contributed by atoms with Gasteiger partial charge in [0.05, 0.1) is 0 Å². The van der Waals surface area contributed by atoms with Gasteiger partial charge in [0.25, 0.3) is 0 Å². The van der Waals surface area contributed by atoms with Gasteiger partial charge < -0.3 is 4.90 Å². The number of nitrogens with zero attached hydrogens (tertiary/aromatic N) is 1. The van der Waals surface area contributed by atoms with Crippen LogP contribution in [0.4, 0.5) is 0 Å². The van der Waals surface area contributed by atoms with Crippen molar-refractivity contribution in [2.75, 3.05) is 13.6 Å². The molecule has 0 bridgehead atoms. The van der Waals surface area contributed by atoms with E-state index in [1.54, 1.807) is 0 Å². The van der Waals surface area contributed by atoms with Gasteiger partial charge in [-0.2, -0.15) is 0 Å². The van der Waals surface area contributed by atoms with E-state index in [0.717, 1.165) is 6.54 Å². The van der Waals surface area contributed by atoms with Crippen LogP contribution in [0, 0.1) is 5.41 Å². The summed E-state index contributed by atoms with van der Waals surface area (Å²) in [5.41, 5.74) is 3.05. The molecule has 0 fully saturated rings. The van der Waals surface area contributed by atoms with Gasteiger partial charge in [0.1, 0.15) is 0 Å². The van der Waals surface area contributed by atoms with Crippen LogP contribution in [-0.4, -0.2) is 18.5 Å². The van der Waals surface area contributed by atoms with Crippen molar-refractivity contribution in [3.05, 3.63) is 47.7 Å². The van der Waals surface area contributed by atoms with Crippen molar-refractivity contribution >= 4 is 0 Å². The Balaban J connectivity index is 3.27. The molecule has 0 N–H and O–H groups in total. The molecule has 0 atom stereocenters. The molecule has 1 aliphatic rings. The molecule has 0 aliphatic carbocycles. The largest absolute Gasteiger partial charge is 0.374 e. The highest BCUT2D eigenvalue weighted by Gasteiger charge is 2.27. The second-order valence-electron chi connectivity index (χ2n) is 5.59. The second kappa shape index (κ2) is 6.63. The first kappa shape index (κ1) is 14.8. The van der Waals surface area contributed by atoms with Crippen LogP contribution in [0.15, 0.2) is 47.7 Å². The van der Waals surface area contributed by atoms with Crippen molar-refractivity contribution < 1.29 is 0 Å². The number of likely N-dealkylation sites (N-methyl/N-ethyl adjacent to an activating group) is 1. The maximum absolute atomic E-state index is 2.38. The van der Waals surface area contributed by atoms with Gasteiger partial charge >= 0.3 is 0 Å². The third-order valence-corrected chi connectivity index (χ3v) is 3.60. The van der Waals surface area contributed by atoms with Crippen LogP contribution >= 0.6 is 0 Å². The lowest BCUT2D eigenvalue weighted by molar-refractivity contribution is 0.389. The average molecular weight is 245 g/mol. The molecule has 1 nitrogen and oxygen atoms in total. The predicted molar refractivity (Wildman–Crippen MR) is 81.4 cm³/mol. The fourth-order valence-corrected chi connectivity index (χ4v) is 2.51. The number of hydrogen-bond acceptors (Lipinski definition) is 1. The summed E-state index contributed by atoms with van der Waals surface area (Å²) < 4.78 is 0. The van der Waals surface area contributed by atoms with E-state index in [4.69, 9.17) is 0 Å². The van der Waals surface area contributed by atoms with Crippen molar-refractivity contribution in [3.63, 3.8) is 0 Å². The molecule has 1 heteroatoms. The molecule has 0 unspecified atom stereocenters. The van der Waals surface area contributed by atoms with Crippen LogP contribution < -0.4 is 0 Å². The Labute approximate surface area is 113 Å². The van der Waals surface area contributed by atoms with Crippen LogP contribution in [0.25, 0.3) is 0 Å². The molecule has 0 spiro atoms. The van der Waals surface area contributed by atoms with Crippen molar-refractivity contribution in [2.45, 2.75) is 40.5 Å². The van der Waals surface area contributed by atoms with Gasteiger partial charge in [0.15, 0.2) is 0 Å². The standard InChI is InChI=1S/C17H27N/c1-6-8-9-12-15-16(11-7-2)18(5)14-10-13-17(15,3)4/h6-9,11-12H,10,13-14H2,1-5H3/b8-6+,11-7-,12-9-. The van der Waals surface area contributed by atoms with E-state index in [-0.39, 0.29) is 5.41 Å². The molecule has 1 aliphatic heterocycles. The van der Waals surface area contributed by atoms with E-state index < -0.39 is 0 Å². The van der Waals surface area contributed by atoms with Crippen LogP contribution in [0.1, 0.15) is 40.5 Å². The van der Waals surface area contributed by atoms with Gasteiger partial charge in [-0.25, -0.2) is 0 Å². The first-order valence-electron chi connectivity index (χ1n) is 6.91. The zero-order chi connectivity index (χ0) is 13.6. The van der Waals surface area contributed by atoms with Gasteiger partial charge in [0.2, 0.25) is 0 Å². The maximum atomic E-state index is 2.38. The minimum atomic E-state index is 0.248. The highest BCUT2D eigenvalue weighted by Crippen LogP contribution is 2.38. The molecule has 0 aromatic carbocycles. The minimum absolute atomic E-state index is 0.248. The lowest BCUT2D eigenvalue weighted by Gasteiger charge is -2.27. The Hall–Kier alpha value is -1.24. The monoisotopic (exact) mass is 245 g/mol. The summed E-state index contributed by atoms with van der Waals surface area (Å²) in [6.45, 7) is 9.99. The number of rotatable bonds is 3. The van der Waals surface area contributed by atoms with Crippen molar-refractivity contribution in [3.8, 4) is 0 Å². The fourth-order valence-electron chi connectivity index (χ4n) is 2.51. The van der Waals surface area contributed by atoms with E-state index >= 15 is 0 Å². The lowest BCUT2D eigenvalue weighted by atomic mass is 9.79. The molecule has 0 amide bonds. The van der Waals surface area contributed by atoms with E-state index in [1.807, 2.05) is 0 Å². The molecule has 18 heavy (non-hydrogen) atoms. The third-order valence-electron chi connectivity index (χ3n) is 3.60. The first-order chi connectivity index (χ1) is 8.53. The highest BCUT2D eigenvalue weighted by molar-refractivity contribution is 5.38. The van der Waals surface area contributed by atoms with E-state index in [0.29, 0.717) is 0 Å². The summed E-state index contributed by atoms with van der Waals surface area (Å²) in [5, 5.41) is 0. The summed E-state index contributed by atoms with van der Waals surface area (Å²) in [5.74, 6) is 0. The SMILES string of the molecule is C/C=C\C1=C(/C=C\C=C\C)C(C)(C)CCCN1C. The fraction of sp³-hybridized carbons (Fsp3) is 0.529. The normalized spacial score (nSPS) is 21.5. The highest BCUT2D eigenvalue weighted by atomic mass is 15.1. The van der Waals surface area contributed by atoms with Crippen molar-refractivity contribution in [2.24, 2.45) is 5.41 Å². The predicted octanol–water partition coefficient (Wildman–Crippen LogP) is 4.70. The summed E-state index contributed by atoms with van der Waals surface area (Å²) >= 11 is 0. The number of hydrogen-bond donors (Lipinski definition) is 0. The molecular formula is C17H27N.